The fraction of sp³-hybridized carbons (Fsp3) is 0.0500. The number of halogens is 1. The summed E-state index contributed by atoms with van der Waals surface area (Å²) >= 11 is 6.33. The van der Waals surface area contributed by atoms with Gasteiger partial charge in [-0.1, -0.05) is 29.8 Å². The maximum atomic E-state index is 9.31. The molecule has 8 heteroatoms. The molecule has 28 heavy (non-hydrogen) atoms. The number of rotatable bonds is 4. The Kier molecular flexibility index (Phi) is 4.70. The molecule has 1 aromatic carbocycles. The van der Waals surface area contributed by atoms with E-state index in [1.54, 1.807) is 18.5 Å². The third-order valence-corrected chi connectivity index (χ3v) is 4.59. The smallest absolute Gasteiger partial charge is 0.149 e. The van der Waals surface area contributed by atoms with Gasteiger partial charge in [0.1, 0.15) is 29.6 Å². The van der Waals surface area contributed by atoms with Crippen LogP contribution in [0.4, 0.5) is 11.6 Å². The quantitative estimate of drug-likeness (QED) is 0.547. The van der Waals surface area contributed by atoms with Gasteiger partial charge in [0, 0.05) is 29.9 Å². The predicted molar refractivity (Wildman–Crippen MR) is 108 cm³/mol. The van der Waals surface area contributed by atoms with E-state index in [9.17, 15) is 5.26 Å². The molecule has 7 nitrogen and oxygen atoms in total. The van der Waals surface area contributed by atoms with Crippen LogP contribution in [0.2, 0.25) is 5.02 Å². The Morgan fingerprint density at radius 3 is 2.75 bits per heavy atom. The van der Waals surface area contributed by atoms with Gasteiger partial charge >= 0.3 is 0 Å². The van der Waals surface area contributed by atoms with Crippen molar-refractivity contribution in [1.29, 1.82) is 5.26 Å². The first kappa shape index (κ1) is 17.6. The molecule has 0 aliphatic rings. The molecule has 3 N–H and O–H groups in total. The highest BCUT2D eigenvalue weighted by molar-refractivity contribution is 6.35. The molecule has 3 aromatic heterocycles. The van der Waals surface area contributed by atoms with Crippen molar-refractivity contribution in [3.8, 4) is 17.3 Å². The standard InChI is InChI=1S/C20H14ClN7/c21-15-5-3-4-13-17(16-6-1-2-7-24-16)12(9-25-18(13)15)10-26-20-14(8-22)19(23)27-11-28-20/h1-7,9,11H,10H2,(H3,23,26,27,28). The van der Waals surface area contributed by atoms with Crippen LogP contribution in [0.1, 0.15) is 11.1 Å². The van der Waals surface area contributed by atoms with Crippen molar-refractivity contribution in [2.45, 2.75) is 6.54 Å². The van der Waals surface area contributed by atoms with Gasteiger partial charge in [0.05, 0.1) is 16.2 Å². The number of nitrogens with zero attached hydrogens (tertiary/aromatic N) is 5. The van der Waals surface area contributed by atoms with E-state index in [1.807, 2.05) is 36.4 Å². The summed E-state index contributed by atoms with van der Waals surface area (Å²) in [7, 11) is 0. The van der Waals surface area contributed by atoms with Crippen molar-refractivity contribution in [2.24, 2.45) is 0 Å². The van der Waals surface area contributed by atoms with Gasteiger partial charge in [-0.05, 0) is 23.8 Å². The zero-order valence-electron chi connectivity index (χ0n) is 14.6. The lowest BCUT2D eigenvalue weighted by molar-refractivity contribution is 1.07. The van der Waals surface area contributed by atoms with Crippen LogP contribution in [0.25, 0.3) is 22.2 Å². The van der Waals surface area contributed by atoms with Crippen LogP contribution in [-0.4, -0.2) is 19.9 Å². The van der Waals surface area contributed by atoms with E-state index in [0.29, 0.717) is 22.9 Å². The number of pyridine rings is 2. The number of hydrogen-bond acceptors (Lipinski definition) is 7. The Hall–Kier alpha value is -3.76. The molecule has 136 valence electrons. The number of fused-ring (bicyclic) bond motifs is 1. The van der Waals surface area contributed by atoms with Crippen LogP contribution in [0.15, 0.2) is 55.1 Å². The van der Waals surface area contributed by atoms with Crippen molar-refractivity contribution in [1.82, 2.24) is 19.9 Å². The average Bonchev–Trinajstić information content (AvgIpc) is 2.72. The lowest BCUT2D eigenvalue weighted by atomic mass is 10.00. The zero-order valence-corrected chi connectivity index (χ0v) is 15.4. The minimum atomic E-state index is 0.133. The Balaban J connectivity index is 1.82. The molecule has 0 spiro atoms. The average molecular weight is 388 g/mol. The Bertz CT molecular complexity index is 1200. The Morgan fingerprint density at radius 1 is 1.07 bits per heavy atom. The fourth-order valence-corrected chi connectivity index (χ4v) is 3.22. The first-order valence-corrected chi connectivity index (χ1v) is 8.78. The van der Waals surface area contributed by atoms with E-state index < -0.39 is 0 Å². The molecule has 0 aliphatic heterocycles. The van der Waals surface area contributed by atoms with Crippen molar-refractivity contribution in [3.05, 3.63) is 71.3 Å². The van der Waals surface area contributed by atoms with Gasteiger partial charge < -0.3 is 11.1 Å². The van der Waals surface area contributed by atoms with Gasteiger partial charge in [-0.15, -0.1) is 0 Å². The van der Waals surface area contributed by atoms with Crippen LogP contribution in [0, 0.1) is 11.3 Å². The number of nitrogen functional groups attached to an aromatic ring is 1. The van der Waals surface area contributed by atoms with Gasteiger partial charge in [-0.3, -0.25) is 9.97 Å². The molecule has 0 unspecified atom stereocenters. The molecule has 3 heterocycles. The maximum absolute atomic E-state index is 9.31. The van der Waals surface area contributed by atoms with Gasteiger partial charge in [0.2, 0.25) is 0 Å². The summed E-state index contributed by atoms with van der Waals surface area (Å²) in [5, 5.41) is 13.9. The largest absolute Gasteiger partial charge is 0.382 e. The molecule has 4 aromatic rings. The molecule has 0 saturated carbocycles. The van der Waals surface area contributed by atoms with E-state index in [0.717, 1.165) is 22.2 Å². The molecular formula is C20H14ClN7. The molecule has 0 bridgehead atoms. The SMILES string of the molecule is N#Cc1c(N)ncnc1NCc1cnc2c(Cl)cccc2c1-c1ccccn1. The molecule has 0 amide bonds. The lowest BCUT2D eigenvalue weighted by Gasteiger charge is -2.14. The molecule has 4 rings (SSSR count). The van der Waals surface area contributed by atoms with Gasteiger partial charge in [0.25, 0.3) is 0 Å². The van der Waals surface area contributed by atoms with Crippen LogP contribution in [0.5, 0.6) is 0 Å². The summed E-state index contributed by atoms with van der Waals surface area (Å²) in [6, 6.07) is 13.4. The molecule has 0 atom stereocenters. The van der Waals surface area contributed by atoms with Gasteiger partial charge in [0.15, 0.2) is 0 Å². The summed E-state index contributed by atoms with van der Waals surface area (Å²) in [6.07, 6.45) is 4.81. The van der Waals surface area contributed by atoms with E-state index >= 15 is 0 Å². The second kappa shape index (κ2) is 7.47. The number of benzene rings is 1. The van der Waals surface area contributed by atoms with Crippen LogP contribution in [-0.2, 0) is 6.54 Å². The topological polar surface area (TPSA) is 113 Å². The van der Waals surface area contributed by atoms with E-state index in [1.165, 1.54) is 6.33 Å². The highest BCUT2D eigenvalue weighted by Crippen LogP contribution is 2.33. The van der Waals surface area contributed by atoms with Crippen LogP contribution in [0.3, 0.4) is 0 Å². The number of anilines is 2. The first-order valence-electron chi connectivity index (χ1n) is 8.41. The third-order valence-electron chi connectivity index (χ3n) is 4.28. The maximum Gasteiger partial charge on any atom is 0.149 e. The van der Waals surface area contributed by atoms with Crippen molar-refractivity contribution < 1.29 is 0 Å². The van der Waals surface area contributed by atoms with Crippen LogP contribution >= 0.6 is 11.6 Å². The number of aromatic nitrogens is 4. The second-order valence-corrected chi connectivity index (χ2v) is 6.36. The van der Waals surface area contributed by atoms with Crippen molar-refractivity contribution in [3.63, 3.8) is 0 Å². The monoisotopic (exact) mass is 387 g/mol. The number of nitrogens with two attached hydrogens (primary N) is 1. The lowest BCUT2D eigenvalue weighted by Crippen LogP contribution is -2.08. The molecular weight excluding hydrogens is 374 g/mol. The summed E-state index contributed by atoms with van der Waals surface area (Å²) < 4.78 is 0. The van der Waals surface area contributed by atoms with Gasteiger partial charge in [-0.25, -0.2) is 9.97 Å². The predicted octanol–water partition coefficient (Wildman–Crippen LogP) is 3.81. The van der Waals surface area contributed by atoms with E-state index in [-0.39, 0.29) is 11.4 Å². The van der Waals surface area contributed by atoms with E-state index in [2.05, 4.69) is 25.3 Å². The number of nitrogens with one attached hydrogen (secondary N) is 1. The second-order valence-electron chi connectivity index (χ2n) is 5.96. The normalized spacial score (nSPS) is 10.6. The zero-order chi connectivity index (χ0) is 19.5. The van der Waals surface area contributed by atoms with Crippen molar-refractivity contribution in [2.75, 3.05) is 11.1 Å². The summed E-state index contributed by atoms with van der Waals surface area (Å²) in [6.45, 7) is 0.368. The molecule has 0 radical (unpaired) electrons. The Labute approximate surface area is 165 Å². The van der Waals surface area contributed by atoms with Crippen molar-refractivity contribution >= 4 is 34.1 Å². The fourth-order valence-electron chi connectivity index (χ4n) is 3.00. The molecule has 0 fully saturated rings. The summed E-state index contributed by atoms with van der Waals surface area (Å²) in [5.41, 5.74) is 9.28. The molecule has 0 saturated heterocycles. The molecule has 0 aliphatic carbocycles. The minimum Gasteiger partial charge on any atom is -0.382 e. The summed E-state index contributed by atoms with van der Waals surface area (Å²) in [5.74, 6) is 0.501. The highest BCUT2D eigenvalue weighted by Gasteiger charge is 2.15. The number of para-hydroxylation sites is 1. The third kappa shape index (κ3) is 3.17. The first-order chi connectivity index (χ1) is 13.7. The highest BCUT2D eigenvalue weighted by atomic mass is 35.5. The minimum absolute atomic E-state index is 0.133. The van der Waals surface area contributed by atoms with Gasteiger partial charge in [-0.2, -0.15) is 5.26 Å². The summed E-state index contributed by atoms with van der Waals surface area (Å²) in [4.78, 5) is 17.0. The number of nitriles is 1. The van der Waals surface area contributed by atoms with Crippen LogP contribution < -0.4 is 11.1 Å². The number of hydrogen-bond donors (Lipinski definition) is 2. The Morgan fingerprint density at radius 2 is 1.96 bits per heavy atom. The van der Waals surface area contributed by atoms with E-state index in [4.69, 9.17) is 17.3 Å².